The number of ether oxygens (including phenoxy) is 1. The largest absolute Gasteiger partial charge is 0.378 e. The second kappa shape index (κ2) is 6.86. The first-order chi connectivity index (χ1) is 9.58. The summed E-state index contributed by atoms with van der Waals surface area (Å²) in [6.45, 7) is 8.80. The monoisotopic (exact) mass is 276 g/mol. The van der Waals surface area contributed by atoms with E-state index in [0.29, 0.717) is 26.3 Å². The number of carbonyl (C=O) groups is 1. The predicted octanol–water partition coefficient (Wildman–Crippen LogP) is 1.89. The lowest BCUT2D eigenvalue weighted by Gasteiger charge is -2.30. The molecule has 1 heterocycles. The van der Waals surface area contributed by atoms with Crippen LogP contribution >= 0.6 is 0 Å². The van der Waals surface area contributed by atoms with Gasteiger partial charge in [-0.3, -0.25) is 10.1 Å². The van der Waals surface area contributed by atoms with Crippen LogP contribution in [0.2, 0.25) is 0 Å². The van der Waals surface area contributed by atoms with Crippen molar-refractivity contribution in [3.05, 3.63) is 35.4 Å². The van der Waals surface area contributed by atoms with E-state index in [1.807, 2.05) is 11.8 Å². The zero-order valence-corrected chi connectivity index (χ0v) is 12.6. The third-order valence-corrected chi connectivity index (χ3v) is 3.74. The molecular weight excluding hydrogens is 252 g/mol. The number of nitrogens with zero attached hydrogens (tertiary/aromatic N) is 1. The molecule has 1 amide bonds. The van der Waals surface area contributed by atoms with Crippen LogP contribution in [0.5, 0.6) is 0 Å². The molecule has 1 N–H and O–H groups in total. The number of aryl methyl sites for hydroxylation is 1. The molecule has 0 saturated carbocycles. The molecular formula is C16H24N2O2. The zero-order valence-electron chi connectivity index (χ0n) is 12.6. The molecule has 1 aliphatic heterocycles. The maximum atomic E-state index is 12.3. The van der Waals surface area contributed by atoms with Crippen molar-refractivity contribution < 1.29 is 9.53 Å². The first-order valence-electron chi connectivity index (χ1n) is 7.27. The number of nitrogens with one attached hydrogen (secondary N) is 1. The second-order valence-corrected chi connectivity index (χ2v) is 5.46. The van der Waals surface area contributed by atoms with Crippen molar-refractivity contribution in [2.75, 3.05) is 26.3 Å². The van der Waals surface area contributed by atoms with Crippen molar-refractivity contribution in [1.29, 1.82) is 0 Å². The highest BCUT2D eigenvalue weighted by atomic mass is 16.5. The molecule has 1 fully saturated rings. The lowest BCUT2D eigenvalue weighted by Crippen LogP contribution is -2.49. The van der Waals surface area contributed by atoms with Crippen molar-refractivity contribution in [2.24, 2.45) is 0 Å². The van der Waals surface area contributed by atoms with Gasteiger partial charge in [0.2, 0.25) is 5.91 Å². The fourth-order valence-electron chi connectivity index (χ4n) is 2.54. The molecule has 110 valence electrons. The molecule has 4 heteroatoms. The first-order valence-corrected chi connectivity index (χ1v) is 7.27. The summed E-state index contributed by atoms with van der Waals surface area (Å²) < 4.78 is 5.28. The van der Waals surface area contributed by atoms with Crippen molar-refractivity contribution in [2.45, 2.75) is 32.9 Å². The standard InChI is InChI=1S/C16H24N2O2/c1-12-5-4-6-15(11-12)13(2)17-14(3)16(19)18-7-9-20-10-8-18/h4-6,11,13-14,17H,7-10H2,1-3H3/t13-,14?/m0/s1. The van der Waals surface area contributed by atoms with Crippen LogP contribution in [-0.2, 0) is 9.53 Å². The minimum Gasteiger partial charge on any atom is -0.378 e. The number of amides is 1. The maximum absolute atomic E-state index is 12.3. The molecule has 1 aromatic rings. The van der Waals surface area contributed by atoms with Gasteiger partial charge in [0.1, 0.15) is 0 Å². The summed E-state index contributed by atoms with van der Waals surface area (Å²) in [4.78, 5) is 14.2. The van der Waals surface area contributed by atoms with Gasteiger partial charge in [-0.1, -0.05) is 29.8 Å². The molecule has 0 aromatic heterocycles. The van der Waals surface area contributed by atoms with Gasteiger partial charge < -0.3 is 9.64 Å². The van der Waals surface area contributed by atoms with Crippen LogP contribution < -0.4 is 5.32 Å². The number of hydrogen-bond acceptors (Lipinski definition) is 3. The Hall–Kier alpha value is -1.39. The fourth-order valence-corrected chi connectivity index (χ4v) is 2.54. The van der Waals surface area contributed by atoms with Gasteiger partial charge in [0.15, 0.2) is 0 Å². The molecule has 2 atom stereocenters. The summed E-state index contributed by atoms with van der Waals surface area (Å²) in [5.41, 5.74) is 2.45. The van der Waals surface area contributed by atoms with Gasteiger partial charge >= 0.3 is 0 Å². The van der Waals surface area contributed by atoms with E-state index in [4.69, 9.17) is 4.74 Å². The minimum absolute atomic E-state index is 0.160. The molecule has 1 aliphatic rings. The summed E-state index contributed by atoms with van der Waals surface area (Å²) in [5.74, 6) is 0.160. The Bertz CT molecular complexity index is 456. The molecule has 0 bridgehead atoms. The molecule has 20 heavy (non-hydrogen) atoms. The number of benzene rings is 1. The van der Waals surface area contributed by atoms with Gasteiger partial charge in [-0.25, -0.2) is 0 Å². The van der Waals surface area contributed by atoms with E-state index in [0.717, 1.165) is 0 Å². The van der Waals surface area contributed by atoms with Crippen molar-refractivity contribution in [1.82, 2.24) is 10.2 Å². The van der Waals surface area contributed by atoms with Crippen LogP contribution in [0.15, 0.2) is 24.3 Å². The van der Waals surface area contributed by atoms with E-state index >= 15 is 0 Å². The van der Waals surface area contributed by atoms with Crippen LogP contribution in [-0.4, -0.2) is 43.2 Å². The van der Waals surface area contributed by atoms with Gasteiger partial charge in [0, 0.05) is 19.1 Å². The Morgan fingerprint density at radius 2 is 2.00 bits per heavy atom. The quantitative estimate of drug-likeness (QED) is 0.913. The topological polar surface area (TPSA) is 41.6 Å². The van der Waals surface area contributed by atoms with E-state index in [1.165, 1.54) is 11.1 Å². The highest BCUT2D eigenvalue weighted by molar-refractivity contribution is 5.81. The Morgan fingerprint density at radius 1 is 1.30 bits per heavy atom. The molecule has 0 aliphatic carbocycles. The first kappa shape index (κ1) is 15.0. The van der Waals surface area contributed by atoms with Crippen molar-refractivity contribution >= 4 is 5.91 Å². The third kappa shape index (κ3) is 3.81. The summed E-state index contributed by atoms with van der Waals surface area (Å²) in [5, 5.41) is 3.39. The Labute approximate surface area is 121 Å². The highest BCUT2D eigenvalue weighted by Gasteiger charge is 2.23. The normalized spacial score (nSPS) is 18.6. The molecule has 0 spiro atoms. The molecule has 1 saturated heterocycles. The predicted molar refractivity (Wildman–Crippen MR) is 79.6 cm³/mol. The third-order valence-electron chi connectivity index (χ3n) is 3.74. The number of rotatable bonds is 4. The van der Waals surface area contributed by atoms with E-state index in [1.54, 1.807) is 0 Å². The number of carbonyl (C=O) groups excluding carboxylic acids is 1. The lowest BCUT2D eigenvalue weighted by molar-refractivity contribution is -0.137. The van der Waals surface area contributed by atoms with Gasteiger partial charge in [-0.15, -0.1) is 0 Å². The van der Waals surface area contributed by atoms with Crippen LogP contribution in [0.1, 0.15) is 31.0 Å². The van der Waals surface area contributed by atoms with E-state index in [-0.39, 0.29) is 18.0 Å². The fraction of sp³-hybridized carbons (Fsp3) is 0.562. The Morgan fingerprint density at radius 3 is 2.65 bits per heavy atom. The van der Waals surface area contributed by atoms with Crippen LogP contribution in [0.4, 0.5) is 0 Å². The van der Waals surface area contributed by atoms with Crippen molar-refractivity contribution in [3.63, 3.8) is 0 Å². The summed E-state index contributed by atoms with van der Waals surface area (Å²) in [6.07, 6.45) is 0. The zero-order chi connectivity index (χ0) is 14.5. The van der Waals surface area contributed by atoms with Gasteiger partial charge in [-0.05, 0) is 26.3 Å². The average Bonchev–Trinajstić information content (AvgIpc) is 2.47. The molecule has 2 rings (SSSR count). The average molecular weight is 276 g/mol. The van der Waals surface area contributed by atoms with Gasteiger partial charge in [-0.2, -0.15) is 0 Å². The molecule has 1 unspecified atom stereocenters. The summed E-state index contributed by atoms with van der Waals surface area (Å²) in [6, 6.07) is 8.37. The summed E-state index contributed by atoms with van der Waals surface area (Å²) in [7, 11) is 0. The highest BCUT2D eigenvalue weighted by Crippen LogP contribution is 2.15. The molecule has 1 aromatic carbocycles. The summed E-state index contributed by atoms with van der Waals surface area (Å²) >= 11 is 0. The van der Waals surface area contributed by atoms with E-state index in [9.17, 15) is 4.79 Å². The minimum atomic E-state index is -0.177. The van der Waals surface area contributed by atoms with E-state index in [2.05, 4.69) is 43.4 Å². The second-order valence-electron chi connectivity index (χ2n) is 5.46. The van der Waals surface area contributed by atoms with Crippen LogP contribution in [0, 0.1) is 6.92 Å². The van der Waals surface area contributed by atoms with Crippen molar-refractivity contribution in [3.8, 4) is 0 Å². The van der Waals surface area contributed by atoms with Crippen LogP contribution in [0.3, 0.4) is 0 Å². The maximum Gasteiger partial charge on any atom is 0.239 e. The van der Waals surface area contributed by atoms with Gasteiger partial charge in [0.25, 0.3) is 0 Å². The Balaban J connectivity index is 1.92. The van der Waals surface area contributed by atoms with E-state index < -0.39 is 0 Å². The lowest BCUT2D eigenvalue weighted by atomic mass is 10.0. The smallest absolute Gasteiger partial charge is 0.239 e. The molecule has 4 nitrogen and oxygen atoms in total. The SMILES string of the molecule is Cc1cccc([C@H](C)NC(C)C(=O)N2CCOCC2)c1. The number of morpholine rings is 1. The van der Waals surface area contributed by atoms with Gasteiger partial charge in [0.05, 0.1) is 19.3 Å². The Kier molecular flexibility index (Phi) is 5.15. The number of hydrogen-bond donors (Lipinski definition) is 1. The van der Waals surface area contributed by atoms with Crippen LogP contribution in [0.25, 0.3) is 0 Å². The molecule has 0 radical (unpaired) electrons.